The van der Waals surface area contributed by atoms with Crippen molar-refractivity contribution in [3.8, 4) is 0 Å². The summed E-state index contributed by atoms with van der Waals surface area (Å²) in [7, 11) is 0. The summed E-state index contributed by atoms with van der Waals surface area (Å²) in [5.74, 6) is -2.26. The van der Waals surface area contributed by atoms with E-state index in [2.05, 4.69) is 18.2 Å². The summed E-state index contributed by atoms with van der Waals surface area (Å²) in [6, 6.07) is 19.3. The van der Waals surface area contributed by atoms with E-state index < -0.39 is 17.6 Å². The number of ether oxygens (including phenoxy) is 3. The number of allylic oxidation sites excluding steroid dienone is 1. The van der Waals surface area contributed by atoms with Crippen molar-refractivity contribution in [3.05, 3.63) is 77.9 Å². The number of amides is 2. The number of para-hydroxylation sites is 1. The van der Waals surface area contributed by atoms with Gasteiger partial charge in [-0.15, -0.1) is 0 Å². The smallest absolute Gasteiger partial charge is 0.238 e. The van der Waals surface area contributed by atoms with E-state index in [0.29, 0.717) is 12.1 Å². The van der Waals surface area contributed by atoms with Crippen LogP contribution in [0.5, 0.6) is 0 Å². The van der Waals surface area contributed by atoms with E-state index in [1.807, 2.05) is 62.4 Å². The minimum atomic E-state index is -0.678. The number of hydrogen-bond donors (Lipinski definition) is 0. The van der Waals surface area contributed by atoms with Crippen LogP contribution in [0.2, 0.25) is 0 Å². The second-order valence-electron chi connectivity index (χ2n) is 10.5. The monoisotopic (exact) mass is 457 g/mol. The number of imide groups is 1. The first kappa shape index (κ1) is 20.6. The molecule has 174 valence electrons. The van der Waals surface area contributed by atoms with Crippen molar-refractivity contribution in [1.29, 1.82) is 0 Å². The summed E-state index contributed by atoms with van der Waals surface area (Å²) in [4.78, 5) is 29.4. The molecule has 5 aliphatic rings. The number of benzene rings is 2. The van der Waals surface area contributed by atoms with Crippen LogP contribution in [0.1, 0.15) is 31.7 Å². The highest BCUT2D eigenvalue weighted by Crippen LogP contribution is 2.58. The Balaban J connectivity index is 1.36. The summed E-state index contributed by atoms with van der Waals surface area (Å²) in [5, 5.41) is 0. The minimum Gasteiger partial charge on any atom is -0.368 e. The van der Waals surface area contributed by atoms with E-state index >= 15 is 0 Å². The lowest BCUT2D eigenvalue weighted by atomic mass is 9.63. The van der Waals surface area contributed by atoms with Gasteiger partial charge in [0.1, 0.15) is 12.2 Å². The fourth-order valence-electron chi connectivity index (χ4n) is 6.97. The maximum atomic E-state index is 14.0. The van der Waals surface area contributed by atoms with Crippen molar-refractivity contribution >= 4 is 17.5 Å². The van der Waals surface area contributed by atoms with Crippen LogP contribution in [-0.2, 0) is 23.8 Å². The molecule has 0 spiro atoms. The molecule has 8 atom stereocenters. The number of nitrogens with zero attached hydrogens (tertiary/aromatic N) is 1. The zero-order valence-corrected chi connectivity index (χ0v) is 19.2. The predicted octanol–water partition coefficient (Wildman–Crippen LogP) is 3.82. The average Bonchev–Trinajstić information content (AvgIpc) is 3.40. The highest BCUT2D eigenvalue weighted by atomic mass is 16.8. The van der Waals surface area contributed by atoms with Crippen LogP contribution in [0.25, 0.3) is 0 Å². The fraction of sp³-hybridized carbons (Fsp3) is 0.429. The van der Waals surface area contributed by atoms with Gasteiger partial charge < -0.3 is 14.2 Å². The molecule has 6 heteroatoms. The lowest BCUT2D eigenvalue weighted by Crippen LogP contribution is -2.47. The topological polar surface area (TPSA) is 65.1 Å². The number of hydrogen-bond acceptors (Lipinski definition) is 5. The summed E-state index contributed by atoms with van der Waals surface area (Å²) in [6.07, 6.45) is 2.16. The molecular formula is C28H27NO5. The van der Waals surface area contributed by atoms with Crippen molar-refractivity contribution in [2.45, 2.75) is 56.4 Å². The Morgan fingerprint density at radius 1 is 0.794 bits per heavy atom. The second-order valence-corrected chi connectivity index (χ2v) is 10.5. The predicted molar refractivity (Wildman–Crippen MR) is 124 cm³/mol. The molecule has 0 N–H and O–H groups in total. The molecule has 2 amide bonds. The molecule has 7 rings (SSSR count). The molecule has 4 aliphatic heterocycles. The summed E-state index contributed by atoms with van der Waals surface area (Å²) < 4.78 is 18.9. The standard InChI is InChI=1S/C28H27NO5/c1-28(2)33-23-19-14-16-13-18(15-9-5-3-6-10-15)21-22(20(16)24(32-19)25(23)34-28)27(31)29(26(21)30)17-11-7-4-8-12-17/h3-13,18-25H,14H2,1-2H3/t18-,19-,20-,21-,22+,23-,24+,25-/m0/s1. The maximum absolute atomic E-state index is 14.0. The third kappa shape index (κ3) is 2.79. The first-order chi connectivity index (χ1) is 16.4. The van der Waals surface area contributed by atoms with Crippen molar-refractivity contribution < 1.29 is 23.8 Å². The van der Waals surface area contributed by atoms with E-state index in [1.165, 1.54) is 10.5 Å². The van der Waals surface area contributed by atoms with Gasteiger partial charge >= 0.3 is 0 Å². The number of carbonyl (C=O) groups excluding carboxylic acids is 2. The van der Waals surface area contributed by atoms with Crippen LogP contribution in [0.4, 0.5) is 5.69 Å². The maximum Gasteiger partial charge on any atom is 0.238 e. The first-order valence-corrected chi connectivity index (χ1v) is 12.1. The molecule has 1 aliphatic carbocycles. The van der Waals surface area contributed by atoms with E-state index in [4.69, 9.17) is 14.2 Å². The summed E-state index contributed by atoms with van der Waals surface area (Å²) in [6.45, 7) is 3.85. The molecule has 0 radical (unpaired) electrons. The second kappa shape index (κ2) is 7.11. The van der Waals surface area contributed by atoms with Crippen molar-refractivity contribution in [2.24, 2.45) is 17.8 Å². The molecule has 34 heavy (non-hydrogen) atoms. The number of rotatable bonds is 2. The highest BCUT2D eigenvalue weighted by molar-refractivity contribution is 6.22. The normalized spacial score (nSPS) is 39.5. The van der Waals surface area contributed by atoms with Crippen LogP contribution in [-0.4, -0.2) is 42.0 Å². The van der Waals surface area contributed by atoms with Gasteiger partial charge in [-0.2, -0.15) is 0 Å². The Bertz CT molecular complexity index is 1190. The van der Waals surface area contributed by atoms with Gasteiger partial charge in [0.05, 0.1) is 29.7 Å². The van der Waals surface area contributed by atoms with Gasteiger partial charge in [-0.3, -0.25) is 14.5 Å². The van der Waals surface area contributed by atoms with Gasteiger partial charge in [0.2, 0.25) is 11.8 Å². The van der Waals surface area contributed by atoms with E-state index in [1.54, 1.807) is 0 Å². The molecule has 0 unspecified atom stereocenters. The zero-order valence-electron chi connectivity index (χ0n) is 19.2. The Morgan fingerprint density at radius 3 is 2.18 bits per heavy atom. The molecule has 4 heterocycles. The average molecular weight is 458 g/mol. The first-order valence-electron chi connectivity index (χ1n) is 12.1. The third-order valence-electron chi connectivity index (χ3n) is 8.17. The summed E-state index contributed by atoms with van der Waals surface area (Å²) in [5.41, 5.74) is 2.89. The lowest BCUT2D eigenvalue weighted by Gasteiger charge is -2.43. The van der Waals surface area contributed by atoms with E-state index in [0.717, 1.165) is 5.56 Å². The third-order valence-corrected chi connectivity index (χ3v) is 8.17. The lowest BCUT2D eigenvalue weighted by molar-refractivity contribution is -0.199. The number of carbonyl (C=O) groups is 2. The quantitative estimate of drug-likeness (QED) is 0.507. The largest absolute Gasteiger partial charge is 0.368 e. The molecule has 6 nitrogen and oxygen atoms in total. The van der Waals surface area contributed by atoms with Crippen molar-refractivity contribution in [3.63, 3.8) is 0 Å². The van der Waals surface area contributed by atoms with Gasteiger partial charge in [0.15, 0.2) is 5.79 Å². The Hall–Kier alpha value is -2.80. The molecule has 4 saturated heterocycles. The molecule has 4 fully saturated rings. The number of fused-ring (bicyclic) bond motifs is 9. The molecular weight excluding hydrogens is 430 g/mol. The van der Waals surface area contributed by atoms with E-state index in [-0.39, 0.29) is 48.1 Å². The van der Waals surface area contributed by atoms with Gasteiger partial charge in [-0.25, -0.2) is 0 Å². The van der Waals surface area contributed by atoms with Crippen LogP contribution < -0.4 is 4.90 Å². The molecule has 0 saturated carbocycles. The Kier molecular flexibility index (Phi) is 4.30. The summed E-state index contributed by atoms with van der Waals surface area (Å²) >= 11 is 0. The van der Waals surface area contributed by atoms with Crippen molar-refractivity contribution in [2.75, 3.05) is 4.90 Å². The van der Waals surface area contributed by atoms with Gasteiger partial charge in [-0.05, 0) is 38.0 Å². The molecule has 2 aromatic carbocycles. The Morgan fingerprint density at radius 2 is 1.44 bits per heavy atom. The zero-order chi connectivity index (χ0) is 23.2. The van der Waals surface area contributed by atoms with E-state index in [9.17, 15) is 9.59 Å². The highest BCUT2D eigenvalue weighted by Gasteiger charge is 2.66. The minimum absolute atomic E-state index is 0.0929. The van der Waals surface area contributed by atoms with Crippen LogP contribution in [0.15, 0.2) is 72.3 Å². The van der Waals surface area contributed by atoms with Gasteiger partial charge in [0.25, 0.3) is 0 Å². The Labute approximate surface area is 198 Å². The fourth-order valence-corrected chi connectivity index (χ4v) is 6.97. The van der Waals surface area contributed by atoms with Gasteiger partial charge in [-0.1, -0.05) is 60.2 Å². The number of anilines is 1. The molecule has 2 aromatic rings. The van der Waals surface area contributed by atoms with Crippen molar-refractivity contribution in [1.82, 2.24) is 0 Å². The van der Waals surface area contributed by atoms with Crippen LogP contribution >= 0.6 is 0 Å². The molecule has 2 bridgehead atoms. The van der Waals surface area contributed by atoms with Gasteiger partial charge in [0, 0.05) is 11.8 Å². The SMILES string of the molecule is CC1(C)O[C@H]2[C@@H](O1)[C@@H]1CC3=C[C@@H](c4ccccc4)[C@@H]4C(=O)N(c5ccccc5)C(=O)[C@@H]4[C@H]3[C@H]2O1. The molecule has 0 aromatic heterocycles. The van der Waals surface area contributed by atoms with Crippen LogP contribution in [0, 0.1) is 17.8 Å². The van der Waals surface area contributed by atoms with Crippen LogP contribution in [0.3, 0.4) is 0 Å².